The van der Waals surface area contributed by atoms with E-state index in [1.807, 2.05) is 4.90 Å². The average molecular weight is 279 g/mol. The number of amides is 2. The van der Waals surface area contributed by atoms with Gasteiger partial charge in [0.05, 0.1) is 12.1 Å². The van der Waals surface area contributed by atoms with E-state index in [-0.39, 0.29) is 24.1 Å². The molecule has 1 saturated heterocycles. The van der Waals surface area contributed by atoms with Gasteiger partial charge in [0, 0.05) is 19.1 Å². The summed E-state index contributed by atoms with van der Waals surface area (Å²) < 4.78 is 13.5. The number of carbonyl (C=O) groups excluding carboxylic acids is 2. The summed E-state index contributed by atoms with van der Waals surface area (Å²) in [5.41, 5.74) is 5.20. The Morgan fingerprint density at radius 1 is 1.30 bits per heavy atom. The fraction of sp³-hybridized carbons (Fsp3) is 0.429. The lowest BCUT2D eigenvalue weighted by molar-refractivity contribution is -0.119. The van der Waals surface area contributed by atoms with Crippen LogP contribution in [0.3, 0.4) is 0 Å². The summed E-state index contributed by atoms with van der Waals surface area (Å²) >= 11 is 0. The third-order valence-electron chi connectivity index (χ3n) is 3.42. The highest BCUT2D eigenvalue weighted by molar-refractivity contribution is 5.94. The van der Waals surface area contributed by atoms with Crippen molar-refractivity contribution in [3.8, 4) is 0 Å². The Hall–Kier alpha value is -1.95. The molecule has 108 valence electrons. The van der Waals surface area contributed by atoms with Gasteiger partial charge in [0.15, 0.2) is 0 Å². The maximum absolute atomic E-state index is 13.5. The van der Waals surface area contributed by atoms with Crippen molar-refractivity contribution in [2.24, 2.45) is 5.73 Å². The number of carbonyl (C=O) groups is 2. The number of halogens is 1. The number of benzene rings is 1. The number of hydrogen-bond donors (Lipinski definition) is 2. The molecule has 2 rings (SSSR count). The van der Waals surface area contributed by atoms with Crippen LogP contribution >= 0.6 is 0 Å². The van der Waals surface area contributed by atoms with Crippen LogP contribution in [0.4, 0.5) is 4.39 Å². The van der Waals surface area contributed by atoms with Crippen molar-refractivity contribution >= 4 is 11.8 Å². The van der Waals surface area contributed by atoms with E-state index in [1.54, 1.807) is 12.1 Å². The van der Waals surface area contributed by atoms with Crippen LogP contribution in [-0.4, -0.2) is 42.4 Å². The summed E-state index contributed by atoms with van der Waals surface area (Å²) in [6, 6.07) is 5.92. The van der Waals surface area contributed by atoms with E-state index in [2.05, 4.69) is 5.32 Å². The molecule has 1 heterocycles. The third kappa shape index (κ3) is 3.77. The van der Waals surface area contributed by atoms with Crippen molar-refractivity contribution < 1.29 is 14.0 Å². The van der Waals surface area contributed by atoms with E-state index in [4.69, 9.17) is 5.73 Å². The molecule has 0 aliphatic carbocycles. The SMILES string of the molecule is NC(=O)CN1CCC(NC(=O)c2ccccc2F)CC1. The summed E-state index contributed by atoms with van der Waals surface area (Å²) in [6.07, 6.45) is 1.46. The molecule has 1 fully saturated rings. The Kier molecular flexibility index (Phi) is 4.68. The predicted molar refractivity (Wildman–Crippen MR) is 72.5 cm³/mol. The van der Waals surface area contributed by atoms with E-state index >= 15 is 0 Å². The summed E-state index contributed by atoms with van der Waals surface area (Å²) in [7, 11) is 0. The molecule has 0 radical (unpaired) electrons. The number of hydrogen-bond acceptors (Lipinski definition) is 3. The smallest absolute Gasteiger partial charge is 0.254 e. The van der Waals surface area contributed by atoms with Gasteiger partial charge in [-0.3, -0.25) is 14.5 Å². The molecule has 0 atom stereocenters. The van der Waals surface area contributed by atoms with Gasteiger partial charge < -0.3 is 11.1 Å². The van der Waals surface area contributed by atoms with Crippen LogP contribution in [0.2, 0.25) is 0 Å². The average Bonchev–Trinajstić information content (AvgIpc) is 2.41. The standard InChI is InChI=1S/C14H18FN3O2/c15-12-4-2-1-3-11(12)14(20)17-10-5-7-18(8-6-10)9-13(16)19/h1-4,10H,5-9H2,(H2,16,19)(H,17,20). The second kappa shape index (κ2) is 6.47. The molecule has 0 aromatic heterocycles. The molecule has 0 saturated carbocycles. The van der Waals surface area contributed by atoms with Gasteiger partial charge in [0.25, 0.3) is 5.91 Å². The topological polar surface area (TPSA) is 75.4 Å². The monoisotopic (exact) mass is 279 g/mol. The van der Waals surface area contributed by atoms with E-state index in [0.717, 1.165) is 12.8 Å². The summed E-state index contributed by atoms with van der Waals surface area (Å²) in [6.45, 7) is 1.64. The molecule has 5 nitrogen and oxygen atoms in total. The first kappa shape index (κ1) is 14.5. The maximum atomic E-state index is 13.5. The first-order valence-electron chi connectivity index (χ1n) is 6.62. The normalized spacial score (nSPS) is 16.9. The highest BCUT2D eigenvalue weighted by atomic mass is 19.1. The second-order valence-electron chi connectivity index (χ2n) is 4.97. The van der Waals surface area contributed by atoms with E-state index in [1.165, 1.54) is 12.1 Å². The molecular formula is C14H18FN3O2. The Balaban J connectivity index is 1.85. The molecular weight excluding hydrogens is 261 g/mol. The first-order valence-corrected chi connectivity index (χ1v) is 6.62. The Morgan fingerprint density at radius 2 is 1.95 bits per heavy atom. The molecule has 1 aromatic carbocycles. The van der Waals surface area contributed by atoms with Crippen molar-refractivity contribution in [2.45, 2.75) is 18.9 Å². The summed E-state index contributed by atoms with van der Waals surface area (Å²) in [4.78, 5) is 24.7. The van der Waals surface area contributed by atoms with E-state index in [0.29, 0.717) is 13.1 Å². The molecule has 2 amide bonds. The molecule has 0 bridgehead atoms. The van der Waals surface area contributed by atoms with Crippen LogP contribution in [0.25, 0.3) is 0 Å². The first-order chi connectivity index (χ1) is 9.56. The van der Waals surface area contributed by atoms with Gasteiger partial charge in [-0.1, -0.05) is 12.1 Å². The Morgan fingerprint density at radius 3 is 2.55 bits per heavy atom. The number of nitrogens with two attached hydrogens (primary N) is 1. The fourth-order valence-electron chi connectivity index (χ4n) is 2.36. The fourth-order valence-corrected chi connectivity index (χ4v) is 2.36. The van der Waals surface area contributed by atoms with Gasteiger partial charge in [-0.2, -0.15) is 0 Å². The van der Waals surface area contributed by atoms with Crippen LogP contribution < -0.4 is 11.1 Å². The molecule has 20 heavy (non-hydrogen) atoms. The zero-order chi connectivity index (χ0) is 14.5. The quantitative estimate of drug-likeness (QED) is 0.843. The van der Waals surface area contributed by atoms with Gasteiger partial charge >= 0.3 is 0 Å². The number of likely N-dealkylation sites (tertiary alicyclic amines) is 1. The van der Waals surface area contributed by atoms with Crippen molar-refractivity contribution in [1.29, 1.82) is 0 Å². The van der Waals surface area contributed by atoms with Gasteiger partial charge in [-0.05, 0) is 25.0 Å². The van der Waals surface area contributed by atoms with Gasteiger partial charge in [-0.15, -0.1) is 0 Å². The Labute approximate surface area is 116 Å². The van der Waals surface area contributed by atoms with Crippen molar-refractivity contribution in [3.05, 3.63) is 35.6 Å². The lowest BCUT2D eigenvalue weighted by Gasteiger charge is -2.31. The van der Waals surface area contributed by atoms with Crippen LogP contribution in [0, 0.1) is 5.82 Å². The number of nitrogens with one attached hydrogen (secondary N) is 1. The van der Waals surface area contributed by atoms with Gasteiger partial charge in [-0.25, -0.2) is 4.39 Å². The molecule has 3 N–H and O–H groups in total. The molecule has 6 heteroatoms. The second-order valence-corrected chi connectivity index (χ2v) is 4.97. The number of rotatable bonds is 4. The highest BCUT2D eigenvalue weighted by Gasteiger charge is 2.22. The zero-order valence-corrected chi connectivity index (χ0v) is 11.1. The molecule has 0 unspecified atom stereocenters. The minimum Gasteiger partial charge on any atom is -0.369 e. The highest BCUT2D eigenvalue weighted by Crippen LogP contribution is 2.12. The van der Waals surface area contributed by atoms with Crippen molar-refractivity contribution in [2.75, 3.05) is 19.6 Å². The minimum absolute atomic E-state index is 0.00577. The third-order valence-corrected chi connectivity index (χ3v) is 3.42. The predicted octanol–water partition coefficient (Wildman–Crippen LogP) is 0.505. The lowest BCUT2D eigenvalue weighted by Crippen LogP contribution is -2.46. The lowest BCUT2D eigenvalue weighted by atomic mass is 10.0. The molecule has 0 spiro atoms. The number of piperidine rings is 1. The zero-order valence-electron chi connectivity index (χ0n) is 11.1. The van der Waals surface area contributed by atoms with E-state index in [9.17, 15) is 14.0 Å². The number of nitrogens with zero attached hydrogens (tertiary/aromatic N) is 1. The summed E-state index contributed by atoms with van der Waals surface area (Å²) in [5, 5.41) is 2.83. The van der Waals surface area contributed by atoms with Crippen LogP contribution in [0.15, 0.2) is 24.3 Å². The largest absolute Gasteiger partial charge is 0.369 e. The minimum atomic E-state index is -0.517. The maximum Gasteiger partial charge on any atom is 0.254 e. The van der Waals surface area contributed by atoms with Crippen molar-refractivity contribution in [3.63, 3.8) is 0 Å². The number of primary amides is 1. The van der Waals surface area contributed by atoms with Crippen molar-refractivity contribution in [1.82, 2.24) is 10.2 Å². The van der Waals surface area contributed by atoms with Crippen LogP contribution in [-0.2, 0) is 4.79 Å². The molecule has 1 aromatic rings. The van der Waals surface area contributed by atoms with E-state index < -0.39 is 11.7 Å². The van der Waals surface area contributed by atoms with Crippen LogP contribution in [0.5, 0.6) is 0 Å². The Bertz CT molecular complexity index is 499. The summed E-state index contributed by atoms with van der Waals surface area (Å²) in [5.74, 6) is -1.26. The van der Waals surface area contributed by atoms with Gasteiger partial charge in [0.1, 0.15) is 5.82 Å². The van der Waals surface area contributed by atoms with Gasteiger partial charge in [0.2, 0.25) is 5.91 Å². The van der Waals surface area contributed by atoms with Crippen LogP contribution in [0.1, 0.15) is 23.2 Å². The molecule has 1 aliphatic rings. The molecule has 1 aliphatic heterocycles.